The maximum atomic E-state index is 10.8. The lowest BCUT2D eigenvalue weighted by Crippen LogP contribution is -2.14. The van der Waals surface area contributed by atoms with Crippen molar-refractivity contribution in [2.24, 2.45) is 4.99 Å². The number of nitro groups is 1. The summed E-state index contributed by atoms with van der Waals surface area (Å²) in [5.74, 6) is 0.675. The third kappa shape index (κ3) is 3.26. The fourth-order valence-electron chi connectivity index (χ4n) is 2.40. The number of benzene rings is 1. The first-order valence-corrected chi connectivity index (χ1v) is 8.38. The Kier molecular flexibility index (Phi) is 4.52. The molecule has 0 amide bonds. The number of hydrogen-bond donors (Lipinski definition) is 0. The van der Waals surface area contributed by atoms with E-state index in [-0.39, 0.29) is 5.69 Å². The third-order valence-electron chi connectivity index (χ3n) is 3.57. The molecule has 0 atom stereocenters. The summed E-state index contributed by atoms with van der Waals surface area (Å²) in [5, 5.41) is 12.8. The zero-order chi connectivity index (χ0) is 17.1. The largest absolute Gasteiger partial charge is 0.317 e. The Morgan fingerprint density at radius 3 is 2.62 bits per heavy atom. The molecule has 122 valence electrons. The van der Waals surface area contributed by atoms with E-state index >= 15 is 0 Å². The van der Waals surface area contributed by atoms with Crippen molar-refractivity contribution in [1.29, 1.82) is 0 Å². The Balaban J connectivity index is 2.05. The molecule has 0 saturated heterocycles. The molecule has 6 nitrogen and oxygen atoms in total. The summed E-state index contributed by atoms with van der Waals surface area (Å²) in [7, 11) is 0. The summed E-state index contributed by atoms with van der Waals surface area (Å²) in [6.07, 6.45) is 0. The number of nitrogens with zero attached hydrogens (tertiary/aromatic N) is 4. The van der Waals surface area contributed by atoms with E-state index in [4.69, 9.17) is 0 Å². The summed E-state index contributed by atoms with van der Waals surface area (Å²) in [6, 6.07) is 12.3. The molecule has 0 saturated carbocycles. The molecule has 7 heteroatoms. The van der Waals surface area contributed by atoms with Gasteiger partial charge in [-0.25, -0.2) is 9.98 Å². The highest BCUT2D eigenvalue weighted by molar-refractivity contribution is 7.07. The molecule has 24 heavy (non-hydrogen) atoms. The van der Waals surface area contributed by atoms with Gasteiger partial charge in [0.2, 0.25) is 0 Å². The fraction of sp³-hybridized carbons (Fsp3) is 0.176. The van der Waals surface area contributed by atoms with Crippen molar-refractivity contribution in [3.63, 3.8) is 0 Å². The van der Waals surface area contributed by atoms with Crippen LogP contribution in [0.4, 0.5) is 11.5 Å². The fourth-order valence-corrected chi connectivity index (χ4v) is 3.38. The van der Waals surface area contributed by atoms with Crippen LogP contribution in [0.1, 0.15) is 12.6 Å². The van der Waals surface area contributed by atoms with Gasteiger partial charge in [0.05, 0.1) is 10.6 Å². The Hall–Kier alpha value is -2.80. The number of hydrogen-bond acceptors (Lipinski definition) is 5. The highest BCUT2D eigenvalue weighted by Gasteiger charge is 2.10. The summed E-state index contributed by atoms with van der Waals surface area (Å²) in [5.41, 5.74) is 2.93. The molecule has 0 aliphatic rings. The molecule has 0 bridgehead atoms. The lowest BCUT2D eigenvalue weighted by Gasteiger charge is -2.06. The predicted molar refractivity (Wildman–Crippen MR) is 94.3 cm³/mol. The van der Waals surface area contributed by atoms with Crippen LogP contribution in [0.3, 0.4) is 0 Å². The van der Waals surface area contributed by atoms with Crippen LogP contribution in [-0.4, -0.2) is 14.5 Å². The monoisotopic (exact) mass is 340 g/mol. The highest BCUT2D eigenvalue weighted by atomic mass is 32.1. The first-order chi connectivity index (χ1) is 11.6. The van der Waals surface area contributed by atoms with Crippen LogP contribution in [0.2, 0.25) is 0 Å². The van der Waals surface area contributed by atoms with Gasteiger partial charge in [0.25, 0.3) is 5.69 Å². The minimum absolute atomic E-state index is 0.0888. The SMILES string of the molecule is CCn1c(-c2ccc([N+](=O)[O-])cc2)cs/c1=N\c1cccc(C)n1. The van der Waals surface area contributed by atoms with Crippen LogP contribution >= 0.6 is 11.3 Å². The molecule has 2 aromatic heterocycles. The van der Waals surface area contributed by atoms with Crippen LogP contribution in [0, 0.1) is 17.0 Å². The number of aryl methyl sites for hydroxylation is 1. The molecule has 2 heterocycles. The average Bonchev–Trinajstić information content (AvgIpc) is 2.97. The topological polar surface area (TPSA) is 73.3 Å². The first-order valence-electron chi connectivity index (χ1n) is 7.50. The van der Waals surface area contributed by atoms with Crippen molar-refractivity contribution in [2.45, 2.75) is 20.4 Å². The molecule has 3 rings (SSSR count). The number of thiazole rings is 1. The summed E-state index contributed by atoms with van der Waals surface area (Å²) < 4.78 is 2.08. The van der Waals surface area contributed by atoms with Gasteiger partial charge in [-0.2, -0.15) is 0 Å². The number of aromatic nitrogens is 2. The predicted octanol–water partition coefficient (Wildman–Crippen LogP) is 4.08. The molecule has 3 aromatic rings. The molecular weight excluding hydrogens is 324 g/mol. The lowest BCUT2D eigenvalue weighted by atomic mass is 10.1. The normalized spacial score (nSPS) is 11.7. The van der Waals surface area contributed by atoms with E-state index in [1.807, 2.05) is 37.4 Å². The quantitative estimate of drug-likeness (QED) is 0.530. The van der Waals surface area contributed by atoms with E-state index in [1.54, 1.807) is 12.1 Å². The summed E-state index contributed by atoms with van der Waals surface area (Å²) >= 11 is 1.53. The van der Waals surface area contributed by atoms with E-state index in [0.717, 1.165) is 28.3 Å². The van der Waals surface area contributed by atoms with Gasteiger partial charge in [-0.15, -0.1) is 11.3 Å². The second kappa shape index (κ2) is 6.76. The van der Waals surface area contributed by atoms with Crippen molar-refractivity contribution >= 4 is 22.8 Å². The van der Waals surface area contributed by atoms with Crippen LogP contribution in [0.5, 0.6) is 0 Å². The van der Waals surface area contributed by atoms with Crippen molar-refractivity contribution in [2.75, 3.05) is 0 Å². The molecular formula is C17H16N4O2S. The van der Waals surface area contributed by atoms with E-state index < -0.39 is 4.92 Å². The molecule has 0 aliphatic heterocycles. The smallest absolute Gasteiger partial charge is 0.269 e. The molecule has 0 N–H and O–H groups in total. The van der Waals surface area contributed by atoms with Gasteiger partial charge in [0.1, 0.15) is 0 Å². The number of non-ortho nitro benzene ring substituents is 1. The van der Waals surface area contributed by atoms with Gasteiger partial charge in [-0.05, 0) is 43.7 Å². The number of pyridine rings is 1. The van der Waals surface area contributed by atoms with Gasteiger partial charge in [-0.1, -0.05) is 6.07 Å². The maximum Gasteiger partial charge on any atom is 0.269 e. The van der Waals surface area contributed by atoms with Crippen LogP contribution < -0.4 is 4.80 Å². The summed E-state index contributed by atoms with van der Waals surface area (Å²) in [6.45, 7) is 4.73. The second-order valence-electron chi connectivity index (χ2n) is 5.20. The number of rotatable bonds is 4. The zero-order valence-corrected chi connectivity index (χ0v) is 14.2. The molecule has 1 aromatic carbocycles. The highest BCUT2D eigenvalue weighted by Crippen LogP contribution is 2.23. The van der Waals surface area contributed by atoms with E-state index in [1.165, 1.54) is 23.5 Å². The van der Waals surface area contributed by atoms with E-state index in [0.29, 0.717) is 5.82 Å². The van der Waals surface area contributed by atoms with Crippen LogP contribution in [0.25, 0.3) is 11.3 Å². The Morgan fingerprint density at radius 2 is 2.00 bits per heavy atom. The maximum absolute atomic E-state index is 10.8. The third-order valence-corrected chi connectivity index (χ3v) is 4.44. The lowest BCUT2D eigenvalue weighted by molar-refractivity contribution is -0.384. The first kappa shape index (κ1) is 16.1. The van der Waals surface area contributed by atoms with E-state index in [9.17, 15) is 10.1 Å². The van der Waals surface area contributed by atoms with Gasteiger partial charge in [0, 0.05) is 29.8 Å². The minimum Gasteiger partial charge on any atom is -0.317 e. The second-order valence-corrected chi connectivity index (χ2v) is 6.04. The molecule has 0 radical (unpaired) electrons. The van der Waals surface area contributed by atoms with Crippen LogP contribution in [0.15, 0.2) is 52.8 Å². The molecule has 0 unspecified atom stereocenters. The Labute approximate surface area is 142 Å². The standard InChI is InChI=1S/C17H16N4O2S/c1-3-20-15(13-7-9-14(10-8-13)21(22)23)11-24-17(20)19-16-6-4-5-12(2)18-16/h4-11H,3H2,1-2H3/b19-17-. The minimum atomic E-state index is -0.393. The van der Waals surface area contributed by atoms with Gasteiger partial charge in [0.15, 0.2) is 10.6 Å². The molecule has 0 aliphatic carbocycles. The molecule has 0 fully saturated rings. The molecule has 0 spiro atoms. The van der Waals surface area contributed by atoms with Gasteiger partial charge < -0.3 is 4.57 Å². The number of nitro benzene ring substituents is 1. The Bertz CT molecular complexity index is 942. The van der Waals surface area contributed by atoms with E-state index in [2.05, 4.69) is 14.5 Å². The van der Waals surface area contributed by atoms with Crippen molar-refractivity contribution in [1.82, 2.24) is 9.55 Å². The average molecular weight is 340 g/mol. The van der Waals surface area contributed by atoms with Crippen LogP contribution in [-0.2, 0) is 6.54 Å². The Morgan fingerprint density at radius 1 is 1.25 bits per heavy atom. The van der Waals surface area contributed by atoms with Gasteiger partial charge >= 0.3 is 0 Å². The van der Waals surface area contributed by atoms with Crippen molar-refractivity contribution in [3.8, 4) is 11.3 Å². The van der Waals surface area contributed by atoms with Crippen molar-refractivity contribution < 1.29 is 4.92 Å². The zero-order valence-electron chi connectivity index (χ0n) is 13.3. The van der Waals surface area contributed by atoms with Gasteiger partial charge in [-0.3, -0.25) is 10.1 Å². The summed E-state index contributed by atoms with van der Waals surface area (Å²) in [4.78, 5) is 20.3. The van der Waals surface area contributed by atoms with Crippen molar-refractivity contribution in [3.05, 3.63) is 68.5 Å².